The molecular weight excluding hydrogens is 461 g/mol. The summed E-state index contributed by atoms with van der Waals surface area (Å²) in [7, 11) is 0. The van der Waals surface area contributed by atoms with Gasteiger partial charge in [-0.1, -0.05) is 6.07 Å². The number of carbonyl (C=O) groups excluding carboxylic acids is 1. The molecule has 3 aliphatic rings. The number of fused-ring (bicyclic) bond motifs is 1. The van der Waals surface area contributed by atoms with Crippen molar-refractivity contribution in [2.24, 2.45) is 5.92 Å². The number of rotatable bonds is 5. The van der Waals surface area contributed by atoms with Gasteiger partial charge in [0.15, 0.2) is 0 Å². The smallest absolute Gasteiger partial charge is 0.229 e. The normalized spacial score (nSPS) is 28.4. The zero-order valence-corrected chi connectivity index (χ0v) is 20.2. The first-order valence-electron chi connectivity index (χ1n) is 12.5. The van der Waals surface area contributed by atoms with Crippen LogP contribution in [0.25, 0.3) is 10.8 Å². The molecule has 2 aromatic heterocycles. The van der Waals surface area contributed by atoms with Gasteiger partial charge in [-0.05, 0) is 49.1 Å². The monoisotopic (exact) mass is 491 g/mol. The van der Waals surface area contributed by atoms with Crippen molar-refractivity contribution >= 4 is 28.2 Å². The van der Waals surface area contributed by atoms with Gasteiger partial charge in [0.1, 0.15) is 11.6 Å². The van der Waals surface area contributed by atoms with Gasteiger partial charge < -0.3 is 20.1 Å². The average molecular weight is 492 g/mol. The zero-order chi connectivity index (χ0) is 24.9. The summed E-state index contributed by atoms with van der Waals surface area (Å²) in [5.41, 5.74) is 1.08. The van der Waals surface area contributed by atoms with E-state index in [0.717, 1.165) is 17.5 Å². The lowest BCUT2D eigenvalue weighted by Gasteiger charge is -2.45. The predicted octanol–water partition coefficient (Wildman–Crippen LogP) is 2.78. The summed E-state index contributed by atoms with van der Waals surface area (Å²) in [6.45, 7) is 5.61. The number of pyridine rings is 2. The number of aliphatic hydroxyl groups excluding tert-OH is 1. The van der Waals surface area contributed by atoms with Crippen molar-refractivity contribution in [3.8, 4) is 0 Å². The van der Waals surface area contributed by atoms with Gasteiger partial charge >= 0.3 is 0 Å². The molecule has 8 nitrogen and oxygen atoms in total. The van der Waals surface area contributed by atoms with E-state index in [4.69, 9.17) is 4.74 Å². The predicted molar refractivity (Wildman–Crippen MR) is 134 cm³/mol. The molecule has 1 saturated carbocycles. The van der Waals surface area contributed by atoms with Crippen LogP contribution in [-0.2, 0) is 9.53 Å². The largest absolute Gasteiger partial charge is 0.389 e. The third kappa shape index (κ3) is 4.21. The Kier molecular flexibility index (Phi) is 5.86. The molecule has 0 unspecified atom stereocenters. The van der Waals surface area contributed by atoms with Gasteiger partial charge in [-0.25, -0.2) is 9.37 Å². The molecule has 2 N–H and O–H groups in total. The van der Waals surface area contributed by atoms with Crippen LogP contribution in [0.3, 0.4) is 0 Å². The van der Waals surface area contributed by atoms with Crippen LogP contribution in [0.1, 0.15) is 25.0 Å². The summed E-state index contributed by atoms with van der Waals surface area (Å²) in [6, 6.07) is 10.9. The van der Waals surface area contributed by atoms with E-state index in [1.54, 1.807) is 18.5 Å². The summed E-state index contributed by atoms with van der Waals surface area (Å²) < 4.78 is 20.5. The lowest BCUT2D eigenvalue weighted by molar-refractivity contribution is -0.117. The van der Waals surface area contributed by atoms with Crippen LogP contribution in [0.2, 0.25) is 0 Å². The second-order valence-electron chi connectivity index (χ2n) is 10.3. The number of benzene rings is 1. The Labute approximate surface area is 209 Å². The van der Waals surface area contributed by atoms with E-state index >= 15 is 4.39 Å². The molecule has 0 radical (unpaired) electrons. The van der Waals surface area contributed by atoms with Crippen LogP contribution in [0.5, 0.6) is 0 Å². The number of amides is 1. The molecule has 3 aromatic rings. The van der Waals surface area contributed by atoms with Gasteiger partial charge in [-0.2, -0.15) is 0 Å². The van der Waals surface area contributed by atoms with E-state index in [2.05, 4.69) is 20.2 Å². The van der Waals surface area contributed by atoms with Crippen molar-refractivity contribution in [1.29, 1.82) is 0 Å². The molecule has 3 fully saturated rings. The van der Waals surface area contributed by atoms with Gasteiger partial charge in [0.05, 0.1) is 30.5 Å². The molecule has 1 aromatic carbocycles. The molecule has 4 heterocycles. The van der Waals surface area contributed by atoms with Crippen molar-refractivity contribution < 1.29 is 19.0 Å². The maximum atomic E-state index is 15.0. The fourth-order valence-electron chi connectivity index (χ4n) is 5.50. The van der Waals surface area contributed by atoms with Crippen LogP contribution >= 0.6 is 0 Å². The molecular formula is C27H30FN5O3. The lowest BCUT2D eigenvalue weighted by atomic mass is 9.95. The average Bonchev–Trinajstić information content (AvgIpc) is 3.63. The summed E-state index contributed by atoms with van der Waals surface area (Å²) in [5.74, 6) is 0.140. The van der Waals surface area contributed by atoms with E-state index in [9.17, 15) is 9.90 Å². The number of nitrogens with one attached hydrogen (secondary N) is 1. The molecule has 0 spiro atoms. The van der Waals surface area contributed by atoms with Crippen LogP contribution in [0.15, 0.2) is 48.8 Å². The van der Waals surface area contributed by atoms with Gasteiger partial charge in [0.25, 0.3) is 0 Å². The second-order valence-corrected chi connectivity index (χ2v) is 10.3. The topological polar surface area (TPSA) is 90.8 Å². The highest BCUT2D eigenvalue weighted by Gasteiger charge is 2.45. The number of hydrogen-bond acceptors (Lipinski definition) is 7. The minimum atomic E-state index is -0.516. The molecule has 6 rings (SSSR count). The summed E-state index contributed by atoms with van der Waals surface area (Å²) >= 11 is 0. The van der Waals surface area contributed by atoms with Crippen LogP contribution in [0, 0.1) is 11.7 Å². The van der Waals surface area contributed by atoms with Gasteiger partial charge in [0, 0.05) is 61.5 Å². The second kappa shape index (κ2) is 9.06. The number of aromatic nitrogens is 2. The third-order valence-corrected chi connectivity index (χ3v) is 7.96. The SMILES string of the molecule is C[C@@]1(N2CCN(c3cc4cc(NC(=O)[C@H]5C[C@@H]5c5ccccn5)ncc4cc3F)CC2)COC[C@@H]1O. The number of aliphatic hydroxyl groups is 1. The van der Waals surface area contributed by atoms with Crippen molar-refractivity contribution in [2.45, 2.75) is 30.9 Å². The molecule has 1 aliphatic carbocycles. The molecule has 4 atom stereocenters. The van der Waals surface area contributed by atoms with E-state index < -0.39 is 11.6 Å². The minimum Gasteiger partial charge on any atom is -0.389 e. The number of anilines is 2. The Morgan fingerprint density at radius 3 is 2.72 bits per heavy atom. The van der Waals surface area contributed by atoms with Crippen LogP contribution in [-0.4, -0.2) is 76.9 Å². The number of hydrogen-bond donors (Lipinski definition) is 2. The molecule has 9 heteroatoms. The van der Waals surface area contributed by atoms with Crippen LogP contribution < -0.4 is 10.2 Å². The lowest BCUT2D eigenvalue weighted by Crippen LogP contribution is -2.60. The van der Waals surface area contributed by atoms with Gasteiger partial charge in [-0.15, -0.1) is 0 Å². The summed E-state index contributed by atoms with van der Waals surface area (Å²) in [6.07, 6.45) is 3.61. The summed E-state index contributed by atoms with van der Waals surface area (Å²) in [5, 5.41) is 14.8. The number of carbonyl (C=O) groups is 1. The maximum Gasteiger partial charge on any atom is 0.229 e. The van der Waals surface area contributed by atoms with Crippen molar-refractivity contribution in [3.63, 3.8) is 0 Å². The highest BCUT2D eigenvalue weighted by atomic mass is 19.1. The fraction of sp³-hybridized carbons (Fsp3) is 0.444. The Bertz CT molecular complexity index is 1280. The number of ether oxygens (including phenoxy) is 1. The first-order valence-corrected chi connectivity index (χ1v) is 12.5. The molecule has 2 aliphatic heterocycles. The van der Waals surface area contributed by atoms with Crippen LogP contribution in [0.4, 0.5) is 15.9 Å². The minimum absolute atomic E-state index is 0.0671. The van der Waals surface area contributed by atoms with Crippen molar-refractivity contribution in [1.82, 2.24) is 14.9 Å². The Morgan fingerprint density at radius 2 is 2.00 bits per heavy atom. The zero-order valence-electron chi connectivity index (χ0n) is 20.2. The Hall–Kier alpha value is -3.14. The Morgan fingerprint density at radius 1 is 1.17 bits per heavy atom. The molecule has 188 valence electrons. The summed E-state index contributed by atoms with van der Waals surface area (Å²) in [4.78, 5) is 25.8. The van der Waals surface area contributed by atoms with Crippen molar-refractivity contribution in [2.75, 3.05) is 49.6 Å². The van der Waals surface area contributed by atoms with E-state index in [1.807, 2.05) is 36.1 Å². The number of piperazine rings is 1. The molecule has 36 heavy (non-hydrogen) atoms. The van der Waals surface area contributed by atoms with Gasteiger partial charge in [-0.3, -0.25) is 14.7 Å². The van der Waals surface area contributed by atoms with E-state index in [0.29, 0.717) is 56.3 Å². The quantitative estimate of drug-likeness (QED) is 0.567. The number of nitrogens with zero attached hydrogens (tertiary/aromatic N) is 4. The van der Waals surface area contributed by atoms with Gasteiger partial charge in [0.2, 0.25) is 5.91 Å². The highest BCUT2D eigenvalue weighted by Crippen LogP contribution is 2.47. The molecule has 1 amide bonds. The van der Waals surface area contributed by atoms with E-state index in [-0.39, 0.29) is 23.6 Å². The Balaban J connectivity index is 1.15. The first kappa shape index (κ1) is 23.3. The standard InChI is InChI=1S/C27H30FN5O3/c1-27(16-36-15-24(27)34)33-8-6-32(7-9-33)23-11-17-12-25(30-14-18(17)10-21(23)28)31-26(35)20-13-19(20)22-4-2-3-5-29-22/h2-5,10-12,14,19-20,24,34H,6-9,13,15-16H2,1H3,(H,30,31,35)/t19-,20-,24-,27+/m0/s1. The third-order valence-electron chi connectivity index (χ3n) is 7.96. The number of halogens is 1. The van der Waals surface area contributed by atoms with Crippen molar-refractivity contribution in [3.05, 3.63) is 60.3 Å². The fourth-order valence-corrected chi connectivity index (χ4v) is 5.50. The molecule has 2 saturated heterocycles. The van der Waals surface area contributed by atoms with E-state index in [1.165, 1.54) is 6.07 Å². The first-order chi connectivity index (χ1) is 17.4. The maximum absolute atomic E-state index is 15.0. The highest BCUT2D eigenvalue weighted by molar-refractivity contribution is 5.96. The molecule has 0 bridgehead atoms.